The van der Waals surface area contributed by atoms with Crippen molar-refractivity contribution >= 4 is 42.1 Å². The molecule has 1 atom stereocenters. The Morgan fingerprint density at radius 1 is 0.654 bits per heavy atom. The number of hydrogen-bond acceptors (Lipinski definition) is 11. The van der Waals surface area contributed by atoms with Gasteiger partial charge >= 0.3 is 54.0 Å². The summed E-state index contributed by atoms with van der Waals surface area (Å²) < 4.78 is 203. The van der Waals surface area contributed by atoms with Crippen LogP contribution in [0.15, 0.2) is 24.3 Å². The second-order valence-corrected chi connectivity index (χ2v) is 16.6. The van der Waals surface area contributed by atoms with E-state index in [0.717, 1.165) is 57.8 Å². The lowest BCUT2D eigenvalue weighted by molar-refractivity contribution is -0.245. The van der Waals surface area contributed by atoms with Crippen molar-refractivity contribution in [1.29, 1.82) is 0 Å². The third-order valence-corrected chi connectivity index (χ3v) is 11.8. The van der Waals surface area contributed by atoms with E-state index < -0.39 is 68.0 Å². The second-order valence-electron chi connectivity index (χ2n) is 11.4. The molecular weight excluding hydrogens is 793 g/mol. The van der Waals surface area contributed by atoms with Gasteiger partial charge in [-0.2, -0.15) is 47.9 Å². The summed E-state index contributed by atoms with van der Waals surface area (Å²) in [6.45, 7) is 4.09. The van der Waals surface area contributed by atoms with E-state index in [-0.39, 0.29) is 24.1 Å². The zero-order valence-electron chi connectivity index (χ0n) is 27.7. The van der Waals surface area contributed by atoms with Gasteiger partial charge in [-0.3, -0.25) is 4.79 Å². The van der Waals surface area contributed by atoms with Gasteiger partial charge in [-0.05, 0) is 43.5 Å². The Labute approximate surface area is 295 Å². The Kier molecular flexibility index (Phi) is 17.2. The molecule has 0 fully saturated rings. The normalized spacial score (nSPS) is 14.1. The van der Waals surface area contributed by atoms with Crippen LogP contribution < -0.4 is 8.31 Å². The number of unbranched alkanes of at least 4 members (excludes halogenated alkanes) is 9. The third kappa shape index (κ3) is 12.4. The maximum absolute atomic E-state index is 14.3. The number of halogens is 9. The number of rotatable bonds is 24. The number of nitrogens with one attached hydrogen (secondary N) is 1. The molecule has 0 heterocycles. The molecule has 1 rings (SSSR count). The smallest absolute Gasteiger partial charge is 0.465 e. The van der Waals surface area contributed by atoms with Crippen molar-refractivity contribution in [3.63, 3.8) is 0 Å². The summed E-state index contributed by atoms with van der Waals surface area (Å²) in [5.74, 6) is -10.2. The van der Waals surface area contributed by atoms with E-state index in [1.54, 1.807) is 0 Å². The van der Waals surface area contributed by atoms with E-state index in [4.69, 9.17) is 9.47 Å². The number of sulfonamides is 2. The molecule has 0 bridgehead atoms. The Balaban J connectivity index is 2.57. The van der Waals surface area contributed by atoms with Gasteiger partial charge in [-0.25, -0.2) is 21.6 Å². The van der Waals surface area contributed by atoms with Crippen molar-refractivity contribution in [2.45, 2.75) is 106 Å². The Morgan fingerprint density at radius 3 is 1.50 bits per heavy atom. The quantitative estimate of drug-likeness (QED) is 0.0512. The SMILES string of the molecule is CCC(C)C(=O)OCCCCCCCCCCCCOC(=O)c1ccc(OS(=O)(=O)C(F)(F)C(F)(F)C(F)(F)S(=O)(=O)NS(=O)(=O)C(F)(F)F)cc1. The van der Waals surface area contributed by atoms with Gasteiger partial charge in [0.25, 0.3) is 10.0 Å². The lowest BCUT2D eigenvalue weighted by Crippen LogP contribution is -2.64. The fourth-order valence-corrected chi connectivity index (χ4v) is 7.31. The summed E-state index contributed by atoms with van der Waals surface area (Å²) >= 11 is 0. The van der Waals surface area contributed by atoms with Gasteiger partial charge in [0, 0.05) is 0 Å². The van der Waals surface area contributed by atoms with E-state index in [1.165, 1.54) is 0 Å². The second kappa shape index (κ2) is 18.9. The zero-order chi connectivity index (χ0) is 40.2. The highest BCUT2D eigenvalue weighted by atomic mass is 32.3. The number of ether oxygens (including phenoxy) is 2. The van der Waals surface area contributed by atoms with E-state index in [2.05, 4.69) is 4.18 Å². The van der Waals surface area contributed by atoms with Crippen LogP contribution in [-0.4, -0.2) is 72.3 Å². The zero-order valence-corrected chi connectivity index (χ0v) is 30.1. The average molecular weight is 832 g/mol. The third-order valence-electron chi connectivity index (χ3n) is 7.23. The topological polar surface area (TPSA) is 176 Å². The van der Waals surface area contributed by atoms with Gasteiger partial charge in [0.05, 0.1) is 24.7 Å². The van der Waals surface area contributed by atoms with Crippen LogP contribution in [0.4, 0.5) is 39.5 Å². The van der Waals surface area contributed by atoms with Crippen molar-refractivity contribution in [3.05, 3.63) is 29.8 Å². The molecule has 0 aliphatic rings. The molecule has 0 radical (unpaired) electrons. The summed E-state index contributed by atoms with van der Waals surface area (Å²) in [7, 11) is -22.6. The first-order valence-corrected chi connectivity index (χ1v) is 19.9. The molecule has 0 aliphatic carbocycles. The summed E-state index contributed by atoms with van der Waals surface area (Å²) in [5.41, 5.74) is -7.03. The van der Waals surface area contributed by atoms with Crippen LogP contribution in [0.1, 0.15) is 94.8 Å². The van der Waals surface area contributed by atoms with Crippen molar-refractivity contribution in [3.8, 4) is 5.75 Å². The summed E-state index contributed by atoms with van der Waals surface area (Å²) in [4.78, 5) is 23.8. The van der Waals surface area contributed by atoms with Crippen LogP contribution >= 0.6 is 0 Å². The number of esters is 2. The Morgan fingerprint density at radius 2 is 1.08 bits per heavy atom. The van der Waals surface area contributed by atoms with Crippen molar-refractivity contribution in [2.24, 2.45) is 5.92 Å². The predicted molar refractivity (Wildman–Crippen MR) is 165 cm³/mol. The summed E-state index contributed by atoms with van der Waals surface area (Å²) in [6.07, 6.45) is 9.47. The number of carbonyl (C=O) groups excluding carboxylic acids is 2. The first-order valence-electron chi connectivity index (χ1n) is 15.5. The van der Waals surface area contributed by atoms with Gasteiger partial charge in [0.1, 0.15) is 5.75 Å². The van der Waals surface area contributed by atoms with Crippen molar-refractivity contribution < 1.29 is 88.0 Å². The molecule has 0 saturated carbocycles. The van der Waals surface area contributed by atoms with Crippen LogP contribution in [0.3, 0.4) is 0 Å². The number of hydrogen-bond donors (Lipinski definition) is 1. The Hall–Kier alpha value is -2.86. The minimum absolute atomic E-state index is 0.0510. The lowest BCUT2D eigenvalue weighted by atomic mass is 10.1. The van der Waals surface area contributed by atoms with Crippen LogP contribution in [0.2, 0.25) is 0 Å². The van der Waals surface area contributed by atoms with Gasteiger partial charge in [0.2, 0.25) is 0 Å². The highest BCUT2D eigenvalue weighted by molar-refractivity contribution is 8.05. The predicted octanol–water partition coefficient (Wildman–Crippen LogP) is 6.63. The van der Waals surface area contributed by atoms with Gasteiger partial charge in [-0.1, -0.05) is 69.3 Å². The van der Waals surface area contributed by atoms with Gasteiger partial charge < -0.3 is 13.7 Å². The Bertz CT molecular complexity index is 1650. The molecule has 302 valence electrons. The molecule has 1 N–H and O–H groups in total. The summed E-state index contributed by atoms with van der Waals surface area (Å²) in [6, 6.07) is 2.26. The highest BCUT2D eigenvalue weighted by Gasteiger charge is 2.83. The van der Waals surface area contributed by atoms with E-state index in [9.17, 15) is 74.4 Å². The molecule has 1 aromatic rings. The lowest BCUT2D eigenvalue weighted by Gasteiger charge is -2.31. The molecule has 0 saturated heterocycles. The highest BCUT2D eigenvalue weighted by Crippen LogP contribution is 2.51. The van der Waals surface area contributed by atoms with E-state index in [1.807, 2.05) is 13.8 Å². The van der Waals surface area contributed by atoms with Gasteiger partial charge in [-0.15, -0.1) is 0 Å². The summed E-state index contributed by atoms with van der Waals surface area (Å²) in [5, 5.41) is -14.7. The molecule has 12 nitrogen and oxygen atoms in total. The first kappa shape index (κ1) is 47.2. The first-order chi connectivity index (χ1) is 23.7. The molecule has 1 unspecified atom stereocenters. The molecular formula is C28H38F9NO11S3. The van der Waals surface area contributed by atoms with Crippen molar-refractivity contribution in [2.75, 3.05) is 13.2 Å². The molecule has 0 aliphatic heterocycles. The van der Waals surface area contributed by atoms with Crippen molar-refractivity contribution in [1.82, 2.24) is 4.13 Å². The fourth-order valence-electron chi connectivity index (χ4n) is 3.91. The molecule has 24 heteroatoms. The standard InChI is InChI=1S/C28H38F9NO11S3/c1-3-20(2)23(39)47-18-12-10-8-6-4-5-7-9-11-13-19-48-24(40)21-14-16-22(17-15-21)49-52(45,46)27(33,34)25(29,30)26(31,32)50(41,42)38-51(43,44)28(35,36)37/h14-17,20,38H,3-13,18-19H2,1-2H3. The molecule has 52 heavy (non-hydrogen) atoms. The fraction of sp³-hybridized carbons (Fsp3) is 0.714. The van der Waals surface area contributed by atoms with E-state index >= 15 is 0 Å². The number of alkyl halides is 9. The van der Waals surface area contributed by atoms with Crippen LogP contribution in [0.5, 0.6) is 5.75 Å². The minimum Gasteiger partial charge on any atom is -0.465 e. The number of carbonyl (C=O) groups is 2. The largest absolute Gasteiger partial charge is 0.512 e. The van der Waals surface area contributed by atoms with Crippen LogP contribution in [0.25, 0.3) is 0 Å². The molecule has 0 amide bonds. The minimum atomic E-state index is -7.92. The van der Waals surface area contributed by atoms with E-state index in [0.29, 0.717) is 43.7 Å². The average Bonchev–Trinajstić information content (AvgIpc) is 3.03. The maximum atomic E-state index is 14.3. The van der Waals surface area contributed by atoms with Crippen LogP contribution in [0, 0.1) is 5.92 Å². The monoisotopic (exact) mass is 831 g/mol. The molecule has 0 aromatic heterocycles. The molecule has 1 aromatic carbocycles. The maximum Gasteiger partial charge on any atom is 0.512 e. The van der Waals surface area contributed by atoms with Gasteiger partial charge in [0.15, 0.2) is 0 Å². The number of benzene rings is 1. The van der Waals surface area contributed by atoms with Crippen LogP contribution in [-0.2, 0) is 44.4 Å². The molecule has 0 spiro atoms.